The molecule has 26 heavy (non-hydrogen) atoms. The minimum atomic E-state index is -0.598. The standard InChI is InChI=1S/C20H20N4O2/c25-19(23-18-8-4-7-17-16(18)9-11-21-17)20(26)24-12-10-15(13-24)22-14-5-2-1-3-6-14/h1-9,11,15,21-22H,10,12-13H2,(H,23,25)/t15-/m0/s1. The maximum absolute atomic E-state index is 12.5. The van der Waals surface area contributed by atoms with E-state index in [1.807, 2.05) is 54.7 Å². The van der Waals surface area contributed by atoms with Crippen molar-refractivity contribution in [2.75, 3.05) is 23.7 Å². The first-order chi connectivity index (χ1) is 12.7. The SMILES string of the molecule is O=C(Nc1cccc2[nH]ccc12)C(=O)N1CC[C@H](Nc2ccccc2)C1. The van der Waals surface area contributed by atoms with Crippen LogP contribution in [0.25, 0.3) is 10.9 Å². The number of hydrogen-bond acceptors (Lipinski definition) is 3. The highest BCUT2D eigenvalue weighted by atomic mass is 16.2. The van der Waals surface area contributed by atoms with E-state index in [4.69, 9.17) is 0 Å². The van der Waals surface area contributed by atoms with Gasteiger partial charge in [0, 0.05) is 41.9 Å². The van der Waals surface area contributed by atoms with Gasteiger partial charge in [0.15, 0.2) is 0 Å². The summed E-state index contributed by atoms with van der Waals surface area (Å²) in [6.07, 6.45) is 2.63. The molecule has 0 unspecified atom stereocenters. The molecule has 4 rings (SSSR count). The van der Waals surface area contributed by atoms with Crippen LogP contribution in [0.3, 0.4) is 0 Å². The van der Waals surface area contributed by atoms with Gasteiger partial charge >= 0.3 is 11.8 Å². The summed E-state index contributed by atoms with van der Waals surface area (Å²) in [4.78, 5) is 29.6. The van der Waals surface area contributed by atoms with Crippen molar-refractivity contribution in [1.29, 1.82) is 0 Å². The van der Waals surface area contributed by atoms with E-state index in [0.29, 0.717) is 18.8 Å². The molecule has 2 amide bonds. The molecule has 0 radical (unpaired) electrons. The van der Waals surface area contributed by atoms with Crippen LogP contribution < -0.4 is 10.6 Å². The molecule has 2 heterocycles. The number of para-hydroxylation sites is 1. The Morgan fingerprint density at radius 3 is 2.73 bits per heavy atom. The van der Waals surface area contributed by atoms with Gasteiger partial charge in [-0.25, -0.2) is 0 Å². The lowest BCUT2D eigenvalue weighted by molar-refractivity contribution is -0.142. The van der Waals surface area contributed by atoms with Gasteiger partial charge in [0.1, 0.15) is 0 Å². The number of carbonyl (C=O) groups is 2. The highest BCUT2D eigenvalue weighted by molar-refractivity contribution is 6.40. The Hall–Kier alpha value is -3.28. The molecular formula is C20H20N4O2. The van der Waals surface area contributed by atoms with E-state index in [9.17, 15) is 9.59 Å². The number of H-pyrrole nitrogens is 1. The summed E-state index contributed by atoms with van der Waals surface area (Å²) in [6.45, 7) is 1.10. The Morgan fingerprint density at radius 1 is 1.04 bits per heavy atom. The number of anilines is 2. The van der Waals surface area contributed by atoms with Crippen LogP contribution in [0.15, 0.2) is 60.8 Å². The topological polar surface area (TPSA) is 77.2 Å². The molecule has 1 saturated heterocycles. The molecule has 1 fully saturated rings. The van der Waals surface area contributed by atoms with E-state index in [2.05, 4.69) is 15.6 Å². The highest BCUT2D eigenvalue weighted by Gasteiger charge is 2.30. The van der Waals surface area contributed by atoms with Crippen molar-refractivity contribution in [2.24, 2.45) is 0 Å². The number of nitrogens with one attached hydrogen (secondary N) is 3. The zero-order chi connectivity index (χ0) is 17.9. The van der Waals surface area contributed by atoms with Gasteiger partial charge in [-0.2, -0.15) is 0 Å². The predicted molar refractivity (Wildman–Crippen MR) is 102 cm³/mol. The van der Waals surface area contributed by atoms with Crippen molar-refractivity contribution in [3.05, 3.63) is 60.8 Å². The van der Waals surface area contributed by atoms with E-state index in [1.54, 1.807) is 11.0 Å². The number of carbonyl (C=O) groups excluding carboxylic acids is 2. The second-order valence-electron chi connectivity index (χ2n) is 6.45. The molecule has 0 aliphatic carbocycles. The van der Waals surface area contributed by atoms with Crippen LogP contribution in [0, 0.1) is 0 Å². The third-order valence-electron chi connectivity index (χ3n) is 4.66. The monoisotopic (exact) mass is 348 g/mol. The number of nitrogens with zero attached hydrogens (tertiary/aromatic N) is 1. The predicted octanol–water partition coefficient (Wildman–Crippen LogP) is 2.82. The minimum Gasteiger partial charge on any atom is -0.380 e. The molecule has 1 atom stereocenters. The number of aromatic amines is 1. The zero-order valence-electron chi connectivity index (χ0n) is 14.2. The molecule has 6 heteroatoms. The Labute approximate surface area is 151 Å². The van der Waals surface area contributed by atoms with Crippen LogP contribution in [0.4, 0.5) is 11.4 Å². The summed E-state index contributed by atoms with van der Waals surface area (Å²) in [5.74, 6) is -1.09. The summed E-state index contributed by atoms with van der Waals surface area (Å²) < 4.78 is 0. The van der Waals surface area contributed by atoms with Crippen LogP contribution in [0.5, 0.6) is 0 Å². The van der Waals surface area contributed by atoms with Crippen molar-refractivity contribution in [2.45, 2.75) is 12.5 Å². The van der Waals surface area contributed by atoms with E-state index in [1.165, 1.54) is 0 Å². The van der Waals surface area contributed by atoms with Crippen LogP contribution in [0.1, 0.15) is 6.42 Å². The lowest BCUT2D eigenvalue weighted by atomic mass is 10.2. The third-order valence-corrected chi connectivity index (χ3v) is 4.66. The van der Waals surface area contributed by atoms with Crippen molar-refractivity contribution in [3.8, 4) is 0 Å². The van der Waals surface area contributed by atoms with Gasteiger partial charge in [0.25, 0.3) is 0 Å². The minimum absolute atomic E-state index is 0.155. The van der Waals surface area contributed by atoms with E-state index in [-0.39, 0.29) is 6.04 Å². The Kier molecular flexibility index (Phi) is 4.31. The molecule has 1 aromatic heterocycles. The molecule has 132 valence electrons. The first-order valence-electron chi connectivity index (χ1n) is 8.68. The second-order valence-corrected chi connectivity index (χ2v) is 6.45. The Bertz CT molecular complexity index is 935. The quantitative estimate of drug-likeness (QED) is 0.637. The first kappa shape index (κ1) is 16.2. The summed E-state index contributed by atoms with van der Waals surface area (Å²) in [5.41, 5.74) is 2.58. The molecule has 1 aliphatic heterocycles. The third kappa shape index (κ3) is 3.26. The lowest BCUT2D eigenvalue weighted by Gasteiger charge is -2.17. The molecule has 3 N–H and O–H groups in total. The van der Waals surface area contributed by atoms with Gasteiger partial charge in [0.2, 0.25) is 0 Å². The normalized spacial score (nSPS) is 16.6. The van der Waals surface area contributed by atoms with Gasteiger partial charge in [-0.15, -0.1) is 0 Å². The second kappa shape index (κ2) is 6.92. The number of rotatable bonds is 3. The molecule has 2 aromatic carbocycles. The molecule has 0 saturated carbocycles. The summed E-state index contributed by atoms with van der Waals surface area (Å²) >= 11 is 0. The van der Waals surface area contributed by atoms with E-state index < -0.39 is 11.8 Å². The van der Waals surface area contributed by atoms with Crippen LogP contribution in [0.2, 0.25) is 0 Å². The number of benzene rings is 2. The van der Waals surface area contributed by atoms with Crippen molar-refractivity contribution in [1.82, 2.24) is 9.88 Å². The summed E-state index contributed by atoms with van der Waals surface area (Å²) in [7, 11) is 0. The summed E-state index contributed by atoms with van der Waals surface area (Å²) in [6, 6.07) is 17.5. The smallest absolute Gasteiger partial charge is 0.313 e. The zero-order valence-corrected chi connectivity index (χ0v) is 14.2. The maximum atomic E-state index is 12.5. The maximum Gasteiger partial charge on any atom is 0.313 e. The molecule has 0 bridgehead atoms. The van der Waals surface area contributed by atoms with Crippen molar-refractivity contribution >= 4 is 34.1 Å². The van der Waals surface area contributed by atoms with Gasteiger partial charge in [-0.1, -0.05) is 24.3 Å². The molecular weight excluding hydrogens is 328 g/mol. The van der Waals surface area contributed by atoms with E-state index >= 15 is 0 Å². The van der Waals surface area contributed by atoms with Crippen LogP contribution >= 0.6 is 0 Å². The van der Waals surface area contributed by atoms with Gasteiger partial charge in [-0.3, -0.25) is 9.59 Å². The van der Waals surface area contributed by atoms with Crippen LogP contribution in [-0.4, -0.2) is 40.8 Å². The van der Waals surface area contributed by atoms with Crippen LogP contribution in [-0.2, 0) is 9.59 Å². The Balaban J connectivity index is 1.38. The first-order valence-corrected chi connectivity index (χ1v) is 8.68. The molecule has 1 aliphatic rings. The van der Waals surface area contributed by atoms with Gasteiger partial charge in [-0.05, 0) is 36.8 Å². The molecule has 3 aromatic rings. The largest absolute Gasteiger partial charge is 0.380 e. The van der Waals surface area contributed by atoms with Crippen molar-refractivity contribution in [3.63, 3.8) is 0 Å². The Morgan fingerprint density at radius 2 is 1.88 bits per heavy atom. The fourth-order valence-electron chi connectivity index (χ4n) is 3.35. The number of aromatic nitrogens is 1. The molecule has 0 spiro atoms. The molecule has 6 nitrogen and oxygen atoms in total. The average Bonchev–Trinajstić information content (AvgIpc) is 3.32. The fourth-order valence-corrected chi connectivity index (χ4v) is 3.35. The number of amides is 2. The van der Waals surface area contributed by atoms with Crippen molar-refractivity contribution < 1.29 is 9.59 Å². The van der Waals surface area contributed by atoms with Gasteiger partial charge < -0.3 is 20.5 Å². The van der Waals surface area contributed by atoms with E-state index in [0.717, 1.165) is 23.0 Å². The average molecular weight is 348 g/mol. The number of likely N-dealkylation sites (tertiary alicyclic amines) is 1. The fraction of sp³-hybridized carbons (Fsp3) is 0.200. The highest BCUT2D eigenvalue weighted by Crippen LogP contribution is 2.22. The lowest BCUT2D eigenvalue weighted by Crippen LogP contribution is -2.39. The summed E-state index contributed by atoms with van der Waals surface area (Å²) in [5, 5.41) is 7.03. The number of hydrogen-bond donors (Lipinski definition) is 3. The van der Waals surface area contributed by atoms with Gasteiger partial charge in [0.05, 0.1) is 5.69 Å². The number of fused-ring (bicyclic) bond motifs is 1.